The third-order valence-electron chi connectivity index (χ3n) is 4.92. The maximum absolute atomic E-state index is 9.25. The topological polar surface area (TPSA) is 385 Å². The van der Waals surface area contributed by atoms with E-state index in [1.807, 2.05) is 0 Å². The van der Waals surface area contributed by atoms with Crippen LogP contribution < -0.4 is 0 Å². The van der Waals surface area contributed by atoms with E-state index in [0.29, 0.717) is 39.6 Å². The van der Waals surface area contributed by atoms with Crippen molar-refractivity contribution in [2.75, 3.05) is 106 Å². The van der Waals surface area contributed by atoms with Gasteiger partial charge in [0.05, 0.1) is 117 Å². The van der Waals surface area contributed by atoms with Gasteiger partial charge in [-0.1, -0.05) is 32.9 Å². The molecule has 0 rings (SSSR count). The Bertz CT molecular complexity index is 825. The molecule has 0 aliphatic rings. The molecule has 0 fully saturated rings. The van der Waals surface area contributed by atoms with Crippen molar-refractivity contribution in [2.24, 2.45) is 10.8 Å². The molecular formula is C33H60O22. The number of carbonyl (C=O) groups is 5. The van der Waals surface area contributed by atoms with Gasteiger partial charge in [-0.15, -0.1) is 0 Å². The molecule has 0 bridgehead atoms. The molecule has 0 saturated carbocycles. The van der Waals surface area contributed by atoms with Gasteiger partial charge in [0.25, 0.3) is 0 Å². The number of carboxylic acid groups (broad SMARTS) is 5. The van der Waals surface area contributed by atoms with Crippen LogP contribution in [0.5, 0.6) is 0 Å². The van der Waals surface area contributed by atoms with Crippen molar-refractivity contribution >= 4 is 29.8 Å². The molecule has 0 aromatic rings. The summed E-state index contributed by atoms with van der Waals surface area (Å²) in [5.41, 5.74) is -2.32. The lowest BCUT2D eigenvalue weighted by molar-refractivity contribution is -0.132. The van der Waals surface area contributed by atoms with Crippen LogP contribution in [-0.4, -0.2) is 202 Å². The Labute approximate surface area is 319 Å². The Morgan fingerprint density at radius 1 is 0.364 bits per heavy atom. The Hall–Kier alpha value is -4.43. The van der Waals surface area contributed by atoms with E-state index in [4.69, 9.17) is 85.3 Å². The first-order valence-corrected chi connectivity index (χ1v) is 15.3. The standard InChI is InChI=1S/C10H22O7.C8H18O5.5C3H4O2/c11-1-9(2-12,3-13)7-17-8-10(4-14,5-15)6-16;9-1-3-11-5-7-13-8-6-12-4-2-10;5*1-2-3(4)5/h11-16H,1-8H2;9-10H,1-8H2;5*2H,1H2,(H,4,5). The molecular weight excluding hydrogens is 748 g/mol. The second-order valence-corrected chi connectivity index (χ2v) is 9.44. The van der Waals surface area contributed by atoms with Crippen LogP contribution in [0.1, 0.15) is 0 Å². The van der Waals surface area contributed by atoms with Gasteiger partial charge in [0.2, 0.25) is 0 Å². The van der Waals surface area contributed by atoms with Crippen LogP contribution in [0.15, 0.2) is 63.3 Å². The van der Waals surface area contributed by atoms with Gasteiger partial charge in [0.15, 0.2) is 0 Å². The van der Waals surface area contributed by atoms with Crippen LogP contribution in [0.2, 0.25) is 0 Å². The van der Waals surface area contributed by atoms with Crippen LogP contribution >= 0.6 is 0 Å². The van der Waals surface area contributed by atoms with E-state index in [2.05, 4.69) is 32.9 Å². The molecule has 0 saturated heterocycles. The van der Waals surface area contributed by atoms with E-state index in [1.165, 1.54) is 0 Å². The highest BCUT2D eigenvalue weighted by Gasteiger charge is 2.32. The molecule has 324 valence electrons. The normalized spacial score (nSPS) is 9.45. The van der Waals surface area contributed by atoms with Gasteiger partial charge in [0, 0.05) is 30.4 Å². The molecule has 55 heavy (non-hydrogen) atoms. The molecule has 0 unspecified atom stereocenters. The minimum absolute atomic E-state index is 0.0413. The maximum atomic E-state index is 9.25. The second kappa shape index (κ2) is 51.7. The monoisotopic (exact) mass is 808 g/mol. The van der Waals surface area contributed by atoms with E-state index in [9.17, 15) is 24.0 Å². The van der Waals surface area contributed by atoms with E-state index in [0.717, 1.165) is 30.4 Å². The lowest BCUT2D eigenvalue weighted by Crippen LogP contribution is -2.43. The summed E-state index contributed by atoms with van der Waals surface area (Å²) in [5, 5.41) is 109. The van der Waals surface area contributed by atoms with Crippen LogP contribution in [0.25, 0.3) is 0 Å². The first-order chi connectivity index (χ1) is 25.8. The van der Waals surface area contributed by atoms with Gasteiger partial charge in [-0.2, -0.15) is 0 Å². The fourth-order valence-corrected chi connectivity index (χ4v) is 1.73. The van der Waals surface area contributed by atoms with Gasteiger partial charge in [0.1, 0.15) is 0 Å². The minimum Gasteiger partial charge on any atom is -0.478 e. The summed E-state index contributed by atoms with van der Waals surface area (Å²) in [6.07, 6.45) is 4.17. The maximum Gasteiger partial charge on any atom is 0.327 e. The average molecular weight is 809 g/mol. The van der Waals surface area contributed by atoms with Crippen molar-refractivity contribution in [3.8, 4) is 0 Å². The highest BCUT2D eigenvalue weighted by molar-refractivity contribution is 5.80. The summed E-state index contributed by atoms with van der Waals surface area (Å²) >= 11 is 0. The van der Waals surface area contributed by atoms with Gasteiger partial charge >= 0.3 is 29.8 Å². The van der Waals surface area contributed by atoms with E-state index >= 15 is 0 Å². The number of rotatable bonds is 25. The number of carboxylic acids is 5. The van der Waals surface area contributed by atoms with Gasteiger partial charge in [-0.05, 0) is 0 Å². The van der Waals surface area contributed by atoms with Gasteiger partial charge in [-0.25, -0.2) is 24.0 Å². The minimum atomic E-state index is -1.16. The molecule has 0 aromatic heterocycles. The molecule has 0 radical (unpaired) electrons. The average Bonchev–Trinajstić information content (AvgIpc) is 3.19. The molecule has 22 heteroatoms. The fourth-order valence-electron chi connectivity index (χ4n) is 1.73. The molecule has 22 nitrogen and oxygen atoms in total. The molecule has 0 amide bonds. The smallest absolute Gasteiger partial charge is 0.327 e. The number of aliphatic carboxylic acids is 5. The Morgan fingerprint density at radius 2 is 0.527 bits per heavy atom. The van der Waals surface area contributed by atoms with E-state index < -0.39 is 80.3 Å². The fraction of sp³-hybridized carbons (Fsp3) is 0.545. The van der Waals surface area contributed by atoms with Crippen molar-refractivity contribution in [3.63, 3.8) is 0 Å². The third-order valence-corrected chi connectivity index (χ3v) is 4.92. The molecule has 13 N–H and O–H groups in total. The Morgan fingerprint density at radius 3 is 0.655 bits per heavy atom. The largest absolute Gasteiger partial charge is 0.478 e. The number of aliphatic hydroxyl groups excluding tert-OH is 8. The lowest BCUT2D eigenvalue weighted by atomic mass is 9.91. The SMILES string of the molecule is C=CC(=O)O.C=CC(=O)O.C=CC(=O)O.C=CC(=O)O.C=CC(=O)O.OCC(CO)(CO)COCC(CO)(CO)CO.OCCOCCOCCOCCO. The van der Waals surface area contributed by atoms with Crippen LogP contribution in [-0.2, 0) is 42.9 Å². The van der Waals surface area contributed by atoms with Crippen molar-refractivity contribution in [3.05, 3.63) is 63.3 Å². The first kappa shape index (κ1) is 65.5. The number of hydrogen-bond acceptors (Lipinski definition) is 17. The van der Waals surface area contributed by atoms with Crippen molar-refractivity contribution in [1.29, 1.82) is 0 Å². The molecule has 0 spiro atoms. The van der Waals surface area contributed by atoms with Crippen LogP contribution in [0, 0.1) is 10.8 Å². The molecule has 0 aliphatic carbocycles. The predicted octanol–water partition coefficient (Wildman–Crippen LogP) is -2.76. The number of hydrogen-bond donors (Lipinski definition) is 13. The van der Waals surface area contributed by atoms with Crippen molar-refractivity contribution < 1.29 is 109 Å². The van der Waals surface area contributed by atoms with Crippen LogP contribution in [0.3, 0.4) is 0 Å². The Kier molecular flexibility index (Phi) is 61.5. The summed E-state index contributed by atoms with van der Waals surface area (Å²) in [6.45, 7) is 14.6. The summed E-state index contributed by atoms with van der Waals surface area (Å²) < 4.78 is 20.2. The number of aliphatic hydroxyl groups is 8. The summed E-state index contributed by atoms with van der Waals surface area (Å²) in [5.74, 6) is -4.91. The third kappa shape index (κ3) is 64.9. The summed E-state index contributed by atoms with van der Waals surface area (Å²) in [4.78, 5) is 46.2. The van der Waals surface area contributed by atoms with E-state index in [-0.39, 0.29) is 26.4 Å². The van der Waals surface area contributed by atoms with Gasteiger partial charge < -0.3 is 85.3 Å². The number of ether oxygens (including phenoxy) is 4. The zero-order valence-corrected chi connectivity index (χ0v) is 30.7. The van der Waals surface area contributed by atoms with Crippen molar-refractivity contribution in [1.82, 2.24) is 0 Å². The quantitative estimate of drug-likeness (QED) is 0.0328. The van der Waals surface area contributed by atoms with E-state index in [1.54, 1.807) is 0 Å². The molecule has 0 aromatic carbocycles. The highest BCUT2D eigenvalue weighted by Crippen LogP contribution is 2.19. The summed E-state index contributed by atoms with van der Waals surface area (Å²) in [6, 6.07) is 0. The first-order valence-electron chi connectivity index (χ1n) is 15.3. The van der Waals surface area contributed by atoms with Crippen molar-refractivity contribution in [2.45, 2.75) is 0 Å². The highest BCUT2D eigenvalue weighted by atomic mass is 16.5. The second-order valence-electron chi connectivity index (χ2n) is 9.44. The molecule has 0 aliphatic heterocycles. The molecule has 0 atom stereocenters. The zero-order valence-electron chi connectivity index (χ0n) is 30.7. The summed E-state index contributed by atoms with van der Waals surface area (Å²) in [7, 11) is 0. The van der Waals surface area contributed by atoms with Gasteiger partial charge in [-0.3, -0.25) is 0 Å². The Balaban J connectivity index is -0.000000106. The zero-order chi connectivity index (χ0) is 44.6. The molecule has 0 heterocycles. The van der Waals surface area contributed by atoms with Crippen LogP contribution in [0.4, 0.5) is 0 Å². The lowest BCUT2D eigenvalue weighted by Gasteiger charge is -2.31. The predicted molar refractivity (Wildman–Crippen MR) is 194 cm³/mol.